The number of nitrogens with zero attached hydrogens (tertiary/aromatic N) is 3. The van der Waals surface area contributed by atoms with Gasteiger partial charge in [-0.3, -0.25) is 14.6 Å². The minimum atomic E-state index is -0.755. The molecule has 5 rings (SSSR count). The zero-order chi connectivity index (χ0) is 29.1. The van der Waals surface area contributed by atoms with Crippen molar-refractivity contribution in [2.24, 2.45) is 28.5 Å². The highest BCUT2D eigenvalue weighted by atomic mass is 31.0. The number of benzene rings is 1. The maximum absolute atomic E-state index is 15.3. The average Bonchev–Trinajstić information content (AvgIpc) is 3.33. The van der Waals surface area contributed by atoms with Crippen molar-refractivity contribution < 1.29 is 23.1 Å². The van der Waals surface area contributed by atoms with Gasteiger partial charge in [-0.05, 0) is 67.4 Å². The summed E-state index contributed by atoms with van der Waals surface area (Å²) in [6.45, 7) is 3.52. The zero-order valence-electron chi connectivity index (χ0n) is 23.1. The van der Waals surface area contributed by atoms with Gasteiger partial charge in [-0.25, -0.2) is 13.8 Å². The van der Waals surface area contributed by atoms with Crippen molar-refractivity contribution in [1.29, 1.82) is 0 Å². The van der Waals surface area contributed by atoms with Crippen LogP contribution in [-0.4, -0.2) is 53.7 Å². The minimum Gasteiger partial charge on any atom is -0.492 e. The van der Waals surface area contributed by atoms with Gasteiger partial charge in [0.1, 0.15) is 35.4 Å². The van der Waals surface area contributed by atoms with Crippen LogP contribution in [0.3, 0.4) is 0 Å². The van der Waals surface area contributed by atoms with Crippen molar-refractivity contribution in [3.05, 3.63) is 53.5 Å². The maximum Gasteiger partial charge on any atom is 0.274 e. The Balaban J connectivity index is 1.31. The van der Waals surface area contributed by atoms with E-state index in [0.29, 0.717) is 48.8 Å². The van der Waals surface area contributed by atoms with Crippen molar-refractivity contribution in [3.63, 3.8) is 0 Å². The summed E-state index contributed by atoms with van der Waals surface area (Å²) in [7, 11) is 2.38. The molecule has 5 atom stereocenters. The Kier molecular flexibility index (Phi) is 9.09. The van der Waals surface area contributed by atoms with Crippen LogP contribution in [0.4, 0.5) is 8.78 Å². The number of likely N-dealkylation sites (tertiary alicyclic amines) is 1. The molecule has 0 radical (unpaired) electrons. The van der Waals surface area contributed by atoms with Crippen molar-refractivity contribution in [1.82, 2.24) is 15.2 Å². The van der Waals surface area contributed by atoms with E-state index in [2.05, 4.69) is 31.5 Å². The smallest absolute Gasteiger partial charge is 0.274 e. The van der Waals surface area contributed by atoms with E-state index in [1.54, 1.807) is 17.2 Å². The molecule has 1 saturated heterocycles. The molecule has 0 spiro atoms. The lowest BCUT2D eigenvalue weighted by Crippen LogP contribution is -2.39. The van der Waals surface area contributed by atoms with Gasteiger partial charge in [0, 0.05) is 54.7 Å². The molecule has 218 valence electrons. The molecule has 2 aliphatic heterocycles. The fraction of sp³-hybridized carbons (Fsp3) is 0.467. The van der Waals surface area contributed by atoms with Gasteiger partial charge in [-0.15, -0.1) is 9.24 Å². The number of ether oxygens (including phenoxy) is 1. The van der Waals surface area contributed by atoms with Crippen LogP contribution in [0, 0.1) is 29.4 Å². The summed E-state index contributed by atoms with van der Waals surface area (Å²) in [6, 6.07) is 5.25. The van der Waals surface area contributed by atoms with Crippen LogP contribution in [0.5, 0.6) is 5.75 Å². The summed E-state index contributed by atoms with van der Waals surface area (Å²) in [5.41, 5.74) is 6.60. The van der Waals surface area contributed by atoms with E-state index in [9.17, 15) is 14.0 Å². The maximum atomic E-state index is 15.3. The summed E-state index contributed by atoms with van der Waals surface area (Å²) in [5.74, 6) is -0.784. The number of nitrogens with two attached hydrogens (primary N) is 1. The number of allylic oxidation sites excluding steroid dienone is 1. The topological polar surface area (TPSA) is 110 Å². The van der Waals surface area contributed by atoms with Crippen molar-refractivity contribution in [3.8, 4) is 17.0 Å². The number of rotatable bonds is 8. The molecule has 8 nitrogen and oxygen atoms in total. The van der Waals surface area contributed by atoms with Crippen LogP contribution in [-0.2, 0) is 4.79 Å². The highest BCUT2D eigenvalue weighted by Gasteiger charge is 2.33. The number of aliphatic imine (C=N–C) groups is 1. The standard InChI is InChI=1S/C30H36F2N5O3P/c1-17-11-18(13-19(33)12-17)21-6-7-34-16-25(21)36-30(39)24-5-4-22(31)29(35-24)28-23(32)14-20(15-26(28)41)40-10-9-37-8-2-3-27(37)38/h4-5,7,14-19,21H,2-3,6,8-13,33,41H2,1H3,(H,36,39). The summed E-state index contributed by atoms with van der Waals surface area (Å²) >= 11 is 0. The molecule has 1 aliphatic carbocycles. The minimum absolute atomic E-state index is 0.0382. The second kappa shape index (κ2) is 12.7. The van der Waals surface area contributed by atoms with Crippen molar-refractivity contribution in [2.45, 2.75) is 51.5 Å². The quantitative estimate of drug-likeness (QED) is 0.458. The lowest BCUT2D eigenvalue weighted by Gasteiger charge is -2.37. The number of hydrogen-bond donors (Lipinski definition) is 2. The van der Waals surface area contributed by atoms with E-state index in [1.807, 2.05) is 6.21 Å². The average molecular weight is 584 g/mol. The largest absolute Gasteiger partial charge is 0.492 e. The lowest BCUT2D eigenvalue weighted by molar-refractivity contribution is -0.128. The SMILES string of the molecule is CC1CC(N)CC(C2CC=NC=C2NC(=O)c2ccc(F)c(-c3c(F)cc(OCCN4CCCC4=O)cc3P)n2)C1. The summed E-state index contributed by atoms with van der Waals surface area (Å²) in [6.07, 6.45) is 8.45. The Morgan fingerprint density at radius 1 is 1.22 bits per heavy atom. The van der Waals surface area contributed by atoms with E-state index in [-0.39, 0.29) is 47.2 Å². The second-order valence-electron chi connectivity index (χ2n) is 11.3. The zero-order valence-corrected chi connectivity index (χ0v) is 24.3. The normalized spacial score (nSPS) is 24.4. The first-order chi connectivity index (χ1) is 19.7. The van der Waals surface area contributed by atoms with Crippen LogP contribution in [0.1, 0.15) is 55.9 Å². The van der Waals surface area contributed by atoms with Gasteiger partial charge >= 0.3 is 0 Å². The van der Waals surface area contributed by atoms with Gasteiger partial charge in [0.2, 0.25) is 5.91 Å². The Bertz CT molecular complexity index is 1350. The molecule has 5 unspecified atom stereocenters. The molecule has 2 aromatic rings. The third-order valence-electron chi connectivity index (χ3n) is 8.13. The van der Waals surface area contributed by atoms with Crippen molar-refractivity contribution in [2.75, 3.05) is 19.7 Å². The van der Waals surface area contributed by atoms with Crippen LogP contribution in [0.2, 0.25) is 0 Å². The molecule has 11 heteroatoms. The molecule has 0 bridgehead atoms. The Hall–Kier alpha value is -3.23. The fourth-order valence-electron chi connectivity index (χ4n) is 6.23. The van der Waals surface area contributed by atoms with E-state index in [0.717, 1.165) is 37.8 Å². The number of amides is 2. The molecule has 3 aliphatic rings. The van der Waals surface area contributed by atoms with E-state index >= 15 is 4.39 Å². The third-order valence-corrected chi connectivity index (χ3v) is 8.59. The van der Waals surface area contributed by atoms with E-state index < -0.39 is 17.5 Å². The van der Waals surface area contributed by atoms with E-state index in [4.69, 9.17) is 10.5 Å². The molecule has 3 heterocycles. The molecule has 1 aromatic heterocycles. The Morgan fingerprint density at radius 3 is 2.78 bits per heavy atom. The molecular weight excluding hydrogens is 547 g/mol. The van der Waals surface area contributed by atoms with Crippen LogP contribution >= 0.6 is 9.24 Å². The number of aromatic nitrogens is 1. The molecule has 41 heavy (non-hydrogen) atoms. The number of carbonyl (C=O) groups excluding carboxylic acids is 2. The predicted molar refractivity (Wildman–Crippen MR) is 157 cm³/mol. The lowest BCUT2D eigenvalue weighted by atomic mass is 9.71. The Morgan fingerprint density at radius 2 is 2.05 bits per heavy atom. The predicted octanol–water partition coefficient (Wildman–Crippen LogP) is 3.95. The number of halogens is 2. The van der Waals surface area contributed by atoms with Gasteiger partial charge < -0.3 is 20.7 Å². The number of carbonyl (C=O) groups is 2. The first kappa shape index (κ1) is 29.3. The first-order valence-electron chi connectivity index (χ1n) is 14.1. The monoisotopic (exact) mass is 583 g/mol. The molecular formula is C30H36F2N5O3P. The van der Waals surface area contributed by atoms with Gasteiger partial charge in [0.15, 0.2) is 0 Å². The fourth-order valence-corrected chi connectivity index (χ4v) is 6.67. The summed E-state index contributed by atoms with van der Waals surface area (Å²) < 4.78 is 35.9. The van der Waals surface area contributed by atoms with E-state index in [1.165, 1.54) is 6.07 Å². The summed E-state index contributed by atoms with van der Waals surface area (Å²) in [5, 5.41) is 3.26. The highest BCUT2D eigenvalue weighted by Crippen LogP contribution is 2.38. The first-order valence-corrected chi connectivity index (χ1v) is 14.7. The van der Waals surface area contributed by atoms with Gasteiger partial charge in [0.25, 0.3) is 5.91 Å². The molecule has 2 fully saturated rings. The third kappa shape index (κ3) is 6.81. The number of pyridine rings is 1. The number of hydrogen-bond acceptors (Lipinski definition) is 6. The highest BCUT2D eigenvalue weighted by molar-refractivity contribution is 7.28. The molecule has 2 amide bonds. The Labute approximate surface area is 241 Å². The van der Waals surface area contributed by atoms with Crippen LogP contribution in [0.15, 0.2) is 41.2 Å². The summed E-state index contributed by atoms with van der Waals surface area (Å²) in [4.78, 5) is 35.3. The molecule has 1 saturated carbocycles. The van der Waals surface area contributed by atoms with Crippen LogP contribution < -0.4 is 21.1 Å². The second-order valence-corrected chi connectivity index (χ2v) is 11.9. The van der Waals surface area contributed by atoms with Gasteiger partial charge in [-0.1, -0.05) is 6.92 Å². The van der Waals surface area contributed by atoms with Gasteiger partial charge in [0.05, 0.1) is 6.54 Å². The van der Waals surface area contributed by atoms with Crippen molar-refractivity contribution >= 4 is 32.6 Å². The number of nitrogens with one attached hydrogen (secondary N) is 1. The molecule has 1 aromatic carbocycles. The van der Waals surface area contributed by atoms with Crippen LogP contribution in [0.25, 0.3) is 11.3 Å². The molecule has 3 N–H and O–H groups in total. The van der Waals surface area contributed by atoms with Gasteiger partial charge in [-0.2, -0.15) is 0 Å².